The molecule has 0 unspecified atom stereocenters. The van der Waals surface area contributed by atoms with Crippen LogP contribution in [0.2, 0.25) is 0 Å². The first-order chi connectivity index (χ1) is 23.2. The number of nitrogens with zero attached hydrogens (tertiary/aromatic N) is 2. The number of rotatable bonds is 9. The molecule has 0 radical (unpaired) electrons. The summed E-state index contributed by atoms with van der Waals surface area (Å²) in [5.41, 5.74) is 13.5. The molecular formula is C45H42N2. The van der Waals surface area contributed by atoms with Gasteiger partial charge in [0.1, 0.15) is 0 Å². The van der Waals surface area contributed by atoms with E-state index in [-0.39, 0.29) is 5.41 Å². The molecule has 0 heterocycles. The Bertz CT molecular complexity index is 1900. The molecule has 0 atom stereocenters. The van der Waals surface area contributed by atoms with Gasteiger partial charge in [-0.15, -0.1) is 0 Å². The molecule has 47 heavy (non-hydrogen) atoms. The molecule has 0 aliphatic heterocycles. The predicted molar refractivity (Wildman–Crippen MR) is 200 cm³/mol. The summed E-state index contributed by atoms with van der Waals surface area (Å²) in [7, 11) is 0. The van der Waals surface area contributed by atoms with Gasteiger partial charge in [0.05, 0.1) is 18.0 Å². The minimum Gasteiger partial charge on any atom is -0.280 e. The number of allylic oxidation sites excluding steroid dienone is 2. The third kappa shape index (κ3) is 6.60. The standard InChI is InChI=1S/C45H42N2/c1-46-43(37-15-5-2-6-16-37)32-44(38-17-7-3-8-18-38)47-33-34-22-26-39(27-23-34)45(30-11-4-12-31-45)40-28-24-36(25-29-40)42-21-13-19-35-14-9-10-20-41(35)42/h2-3,5-9,13-19,21-29,32H,1,4,10-12,20,30-31,33H2/b43-32-,47-44?. The van der Waals surface area contributed by atoms with Crippen LogP contribution in [0.5, 0.6) is 0 Å². The van der Waals surface area contributed by atoms with Crippen LogP contribution in [0.4, 0.5) is 0 Å². The zero-order valence-corrected chi connectivity index (χ0v) is 27.1. The summed E-state index contributed by atoms with van der Waals surface area (Å²) in [6.07, 6.45) is 15.1. The minimum atomic E-state index is 0.0512. The van der Waals surface area contributed by atoms with E-state index in [1.165, 1.54) is 71.0 Å². The molecule has 0 N–H and O–H groups in total. The van der Waals surface area contributed by atoms with Gasteiger partial charge in [-0.3, -0.25) is 9.98 Å². The monoisotopic (exact) mass is 610 g/mol. The maximum atomic E-state index is 5.11. The number of hydrogen-bond donors (Lipinski definition) is 0. The van der Waals surface area contributed by atoms with Crippen LogP contribution >= 0.6 is 0 Å². The molecule has 2 nitrogen and oxygen atoms in total. The Morgan fingerprint density at radius 1 is 0.681 bits per heavy atom. The summed E-state index contributed by atoms with van der Waals surface area (Å²) >= 11 is 0. The van der Waals surface area contributed by atoms with Crippen molar-refractivity contribution in [2.45, 2.75) is 56.9 Å². The molecule has 2 heteroatoms. The molecule has 1 fully saturated rings. The fraction of sp³-hybridized carbons (Fsp3) is 0.200. The van der Waals surface area contributed by atoms with E-state index in [9.17, 15) is 0 Å². The topological polar surface area (TPSA) is 24.7 Å². The smallest absolute Gasteiger partial charge is 0.0716 e. The average molecular weight is 611 g/mol. The average Bonchev–Trinajstić information content (AvgIpc) is 3.16. The Morgan fingerprint density at radius 2 is 1.34 bits per heavy atom. The van der Waals surface area contributed by atoms with Gasteiger partial charge >= 0.3 is 0 Å². The zero-order valence-electron chi connectivity index (χ0n) is 27.1. The molecule has 0 saturated heterocycles. The van der Waals surface area contributed by atoms with Gasteiger partial charge in [-0.2, -0.15) is 0 Å². The van der Waals surface area contributed by atoms with Crippen LogP contribution in [0.1, 0.15) is 77.5 Å². The molecule has 0 spiro atoms. The van der Waals surface area contributed by atoms with Crippen LogP contribution in [0.15, 0.2) is 150 Å². The highest BCUT2D eigenvalue weighted by Crippen LogP contribution is 2.45. The Balaban J connectivity index is 1.17. The molecule has 2 aliphatic carbocycles. The van der Waals surface area contributed by atoms with Gasteiger partial charge in [-0.25, -0.2) is 0 Å². The Morgan fingerprint density at radius 3 is 2.02 bits per heavy atom. The number of hydrogen-bond acceptors (Lipinski definition) is 2. The van der Waals surface area contributed by atoms with Crippen molar-refractivity contribution in [3.05, 3.63) is 178 Å². The summed E-state index contributed by atoms with van der Waals surface area (Å²) in [5, 5.41) is 0. The van der Waals surface area contributed by atoms with E-state index in [1.807, 2.05) is 24.3 Å². The van der Waals surface area contributed by atoms with Crippen molar-refractivity contribution in [1.29, 1.82) is 0 Å². The zero-order chi connectivity index (χ0) is 31.9. The second kappa shape index (κ2) is 14.1. The van der Waals surface area contributed by atoms with Crippen LogP contribution in [-0.2, 0) is 18.4 Å². The van der Waals surface area contributed by atoms with Crippen molar-refractivity contribution in [2.24, 2.45) is 9.98 Å². The molecule has 0 aromatic heterocycles. The highest BCUT2D eigenvalue weighted by Gasteiger charge is 2.35. The largest absolute Gasteiger partial charge is 0.280 e. The quantitative estimate of drug-likeness (QED) is 0.148. The second-order valence-corrected chi connectivity index (χ2v) is 12.9. The minimum absolute atomic E-state index is 0.0512. The molecule has 5 aromatic rings. The Kier molecular flexibility index (Phi) is 9.19. The molecule has 5 aromatic carbocycles. The fourth-order valence-corrected chi connectivity index (χ4v) is 7.51. The highest BCUT2D eigenvalue weighted by molar-refractivity contribution is 6.12. The number of fused-ring (bicyclic) bond motifs is 1. The fourth-order valence-electron chi connectivity index (χ4n) is 7.51. The van der Waals surface area contributed by atoms with E-state index in [0.717, 1.165) is 35.4 Å². The van der Waals surface area contributed by atoms with Crippen molar-refractivity contribution < 1.29 is 0 Å². The lowest BCUT2D eigenvalue weighted by Gasteiger charge is -2.39. The van der Waals surface area contributed by atoms with Crippen LogP contribution in [-0.4, -0.2) is 12.4 Å². The van der Waals surface area contributed by atoms with E-state index >= 15 is 0 Å². The summed E-state index contributed by atoms with van der Waals surface area (Å²) in [6, 6.07) is 46.1. The van der Waals surface area contributed by atoms with Crippen LogP contribution in [0.25, 0.3) is 22.9 Å². The molecule has 7 rings (SSSR count). The van der Waals surface area contributed by atoms with Crippen LogP contribution in [0.3, 0.4) is 0 Å². The summed E-state index contributed by atoms with van der Waals surface area (Å²) in [4.78, 5) is 9.46. The third-order valence-electron chi connectivity index (χ3n) is 10.0. The van der Waals surface area contributed by atoms with Crippen LogP contribution in [0, 0.1) is 0 Å². The molecule has 2 aliphatic rings. The lowest BCUT2D eigenvalue weighted by Crippen LogP contribution is -2.30. The van der Waals surface area contributed by atoms with Crippen molar-refractivity contribution in [3.63, 3.8) is 0 Å². The summed E-state index contributed by atoms with van der Waals surface area (Å²) < 4.78 is 0. The van der Waals surface area contributed by atoms with Gasteiger partial charge in [0.15, 0.2) is 0 Å². The first kappa shape index (κ1) is 30.6. The van der Waals surface area contributed by atoms with Crippen molar-refractivity contribution in [1.82, 2.24) is 0 Å². The summed E-state index contributed by atoms with van der Waals surface area (Å²) in [6.45, 7) is 4.45. The maximum absolute atomic E-state index is 5.11. The Labute approximate surface area is 280 Å². The SMILES string of the molecule is C=N/C(=C\C(=NCc1ccc(C2(c3ccc(-c4cccc5c4CCC=C5)cc3)CCCCC2)cc1)c1ccccc1)c1ccccc1. The molecule has 0 bridgehead atoms. The van der Waals surface area contributed by atoms with Gasteiger partial charge in [-0.05, 0) is 83.0 Å². The second-order valence-electron chi connectivity index (χ2n) is 12.9. The van der Waals surface area contributed by atoms with Gasteiger partial charge in [0.2, 0.25) is 0 Å². The molecule has 0 amide bonds. The van der Waals surface area contributed by atoms with Gasteiger partial charge in [0.25, 0.3) is 0 Å². The van der Waals surface area contributed by atoms with E-state index in [0.29, 0.717) is 6.54 Å². The Hall–Kier alpha value is -5.08. The van der Waals surface area contributed by atoms with Gasteiger partial charge < -0.3 is 0 Å². The number of aliphatic imine (C=N–C) groups is 2. The van der Waals surface area contributed by atoms with Crippen molar-refractivity contribution in [2.75, 3.05) is 0 Å². The first-order valence-electron chi connectivity index (χ1n) is 17.1. The van der Waals surface area contributed by atoms with E-state index in [2.05, 4.69) is 133 Å². The van der Waals surface area contributed by atoms with Crippen molar-refractivity contribution in [3.8, 4) is 11.1 Å². The summed E-state index contributed by atoms with van der Waals surface area (Å²) in [5.74, 6) is 0. The maximum Gasteiger partial charge on any atom is 0.0716 e. The third-order valence-corrected chi connectivity index (χ3v) is 10.0. The normalized spacial score (nSPS) is 16.0. The highest BCUT2D eigenvalue weighted by atomic mass is 14.8. The predicted octanol–water partition coefficient (Wildman–Crippen LogP) is 11.3. The van der Waals surface area contributed by atoms with Gasteiger partial charge in [-0.1, -0.05) is 159 Å². The lowest BCUT2D eigenvalue weighted by molar-refractivity contribution is 0.346. The van der Waals surface area contributed by atoms with Gasteiger partial charge in [0, 0.05) is 11.0 Å². The first-order valence-corrected chi connectivity index (χ1v) is 17.1. The molecular weight excluding hydrogens is 569 g/mol. The van der Waals surface area contributed by atoms with Crippen LogP contribution < -0.4 is 0 Å². The molecule has 1 saturated carbocycles. The number of benzene rings is 5. The molecule has 232 valence electrons. The van der Waals surface area contributed by atoms with E-state index < -0.39 is 0 Å². The lowest BCUT2D eigenvalue weighted by atomic mass is 9.65. The van der Waals surface area contributed by atoms with E-state index in [1.54, 1.807) is 0 Å². The van der Waals surface area contributed by atoms with Crippen molar-refractivity contribution >= 4 is 24.2 Å². The van der Waals surface area contributed by atoms with E-state index in [4.69, 9.17) is 4.99 Å².